The maximum atomic E-state index is 12.8. The van der Waals surface area contributed by atoms with Gasteiger partial charge in [0.25, 0.3) is 5.91 Å². The Morgan fingerprint density at radius 2 is 1.77 bits per heavy atom. The molecule has 0 spiro atoms. The first-order valence-corrected chi connectivity index (χ1v) is 10.7. The van der Waals surface area contributed by atoms with Crippen molar-refractivity contribution in [3.05, 3.63) is 89.1 Å². The molecule has 3 aromatic rings. The van der Waals surface area contributed by atoms with E-state index in [2.05, 4.69) is 46.4 Å². The zero-order valence-electron chi connectivity index (χ0n) is 17.8. The lowest BCUT2D eigenvalue weighted by molar-refractivity contribution is 0.0908. The highest BCUT2D eigenvalue weighted by Crippen LogP contribution is 2.20. The molecule has 0 saturated carbocycles. The van der Waals surface area contributed by atoms with E-state index in [4.69, 9.17) is 0 Å². The third kappa shape index (κ3) is 4.95. The van der Waals surface area contributed by atoms with Crippen LogP contribution in [0, 0.1) is 13.8 Å². The highest BCUT2D eigenvalue weighted by Gasteiger charge is 2.22. The summed E-state index contributed by atoms with van der Waals surface area (Å²) in [6, 6.07) is 22.8. The molecule has 1 aliphatic rings. The summed E-state index contributed by atoms with van der Waals surface area (Å²) in [6.07, 6.45) is 1.96. The number of carbonyl (C=O) groups is 1. The van der Waals surface area contributed by atoms with E-state index in [1.807, 2.05) is 49.4 Å². The minimum Gasteiger partial charge on any atom is -0.349 e. The summed E-state index contributed by atoms with van der Waals surface area (Å²) in [5, 5.41) is 3.22. The molecular formula is C26H29N3O. The fourth-order valence-corrected chi connectivity index (χ4v) is 4.14. The summed E-state index contributed by atoms with van der Waals surface area (Å²) in [5.74, 6) is -0.0169. The van der Waals surface area contributed by atoms with E-state index < -0.39 is 0 Å². The second kappa shape index (κ2) is 9.23. The van der Waals surface area contributed by atoms with Crippen molar-refractivity contribution in [3.8, 4) is 11.3 Å². The molecule has 0 radical (unpaired) electrons. The van der Waals surface area contributed by atoms with Crippen LogP contribution in [0.5, 0.6) is 0 Å². The van der Waals surface area contributed by atoms with Gasteiger partial charge in [-0.15, -0.1) is 0 Å². The van der Waals surface area contributed by atoms with Crippen LogP contribution in [-0.4, -0.2) is 34.9 Å². The van der Waals surface area contributed by atoms with Crippen molar-refractivity contribution in [2.75, 3.05) is 13.1 Å². The Balaban J connectivity index is 1.32. The van der Waals surface area contributed by atoms with Gasteiger partial charge in [0.15, 0.2) is 0 Å². The molecule has 0 aliphatic carbocycles. The topological polar surface area (TPSA) is 45.2 Å². The predicted octanol–water partition coefficient (Wildman–Crippen LogP) is 4.76. The highest BCUT2D eigenvalue weighted by molar-refractivity contribution is 5.95. The van der Waals surface area contributed by atoms with Gasteiger partial charge in [-0.3, -0.25) is 14.7 Å². The van der Waals surface area contributed by atoms with Crippen molar-refractivity contribution in [1.82, 2.24) is 15.2 Å². The van der Waals surface area contributed by atoms with Crippen LogP contribution in [0.25, 0.3) is 11.3 Å². The Morgan fingerprint density at radius 3 is 2.47 bits per heavy atom. The van der Waals surface area contributed by atoms with Crippen molar-refractivity contribution >= 4 is 5.91 Å². The zero-order chi connectivity index (χ0) is 20.9. The van der Waals surface area contributed by atoms with Crippen LogP contribution >= 0.6 is 0 Å². The van der Waals surface area contributed by atoms with E-state index >= 15 is 0 Å². The lowest BCUT2D eigenvalue weighted by Gasteiger charge is -2.32. The van der Waals surface area contributed by atoms with E-state index in [0.717, 1.165) is 49.4 Å². The number of nitrogens with one attached hydrogen (secondary N) is 1. The highest BCUT2D eigenvalue weighted by atomic mass is 16.1. The molecule has 0 atom stereocenters. The first-order valence-electron chi connectivity index (χ1n) is 10.7. The average molecular weight is 400 g/mol. The van der Waals surface area contributed by atoms with Gasteiger partial charge in [-0.2, -0.15) is 0 Å². The molecule has 1 amide bonds. The van der Waals surface area contributed by atoms with Crippen molar-refractivity contribution in [2.24, 2.45) is 0 Å². The van der Waals surface area contributed by atoms with Crippen LogP contribution in [-0.2, 0) is 6.54 Å². The summed E-state index contributed by atoms with van der Waals surface area (Å²) < 4.78 is 0. The monoisotopic (exact) mass is 399 g/mol. The Labute approximate surface area is 179 Å². The lowest BCUT2D eigenvalue weighted by Crippen LogP contribution is -2.44. The quantitative estimate of drug-likeness (QED) is 0.673. The van der Waals surface area contributed by atoms with Crippen molar-refractivity contribution in [1.29, 1.82) is 0 Å². The minimum absolute atomic E-state index is 0.0169. The van der Waals surface area contributed by atoms with Gasteiger partial charge in [-0.05, 0) is 44.4 Å². The molecule has 1 saturated heterocycles. The van der Waals surface area contributed by atoms with E-state index in [0.29, 0.717) is 5.56 Å². The maximum absolute atomic E-state index is 12.8. The Kier molecular flexibility index (Phi) is 6.24. The zero-order valence-corrected chi connectivity index (χ0v) is 17.8. The molecular weight excluding hydrogens is 370 g/mol. The number of likely N-dealkylation sites (tertiary alicyclic amines) is 1. The Hall–Kier alpha value is -2.98. The minimum atomic E-state index is -0.0169. The van der Waals surface area contributed by atoms with Gasteiger partial charge in [0.05, 0.1) is 17.0 Å². The number of hydrogen-bond donors (Lipinski definition) is 1. The van der Waals surface area contributed by atoms with Crippen LogP contribution in [0.2, 0.25) is 0 Å². The number of aromatic nitrogens is 1. The summed E-state index contributed by atoms with van der Waals surface area (Å²) in [6.45, 7) is 7.03. The molecule has 2 aromatic carbocycles. The molecule has 4 rings (SSSR count). The van der Waals surface area contributed by atoms with Crippen LogP contribution in [0.4, 0.5) is 0 Å². The van der Waals surface area contributed by atoms with Gasteiger partial charge in [0.2, 0.25) is 0 Å². The molecule has 2 heterocycles. The average Bonchev–Trinajstić information content (AvgIpc) is 2.75. The fourth-order valence-electron chi connectivity index (χ4n) is 4.14. The second-order valence-corrected chi connectivity index (χ2v) is 8.21. The lowest BCUT2D eigenvalue weighted by atomic mass is 10.0. The Bertz CT molecular complexity index is 1010. The molecule has 30 heavy (non-hydrogen) atoms. The molecule has 4 nitrogen and oxygen atoms in total. The molecule has 0 unspecified atom stereocenters. The molecule has 1 aliphatic heterocycles. The summed E-state index contributed by atoms with van der Waals surface area (Å²) >= 11 is 0. The normalized spacial score (nSPS) is 15.1. The molecule has 0 bridgehead atoms. The molecule has 154 valence electrons. The van der Waals surface area contributed by atoms with Gasteiger partial charge < -0.3 is 5.32 Å². The van der Waals surface area contributed by atoms with Gasteiger partial charge in [0.1, 0.15) is 0 Å². The summed E-state index contributed by atoms with van der Waals surface area (Å²) in [4.78, 5) is 20.0. The van der Waals surface area contributed by atoms with Crippen LogP contribution in [0.15, 0.2) is 66.7 Å². The molecule has 1 N–H and O–H groups in total. The van der Waals surface area contributed by atoms with E-state index in [-0.39, 0.29) is 11.9 Å². The number of rotatable bonds is 5. The number of carbonyl (C=O) groups excluding carboxylic acids is 1. The van der Waals surface area contributed by atoms with Crippen LogP contribution in [0.1, 0.15) is 40.0 Å². The molecule has 4 heteroatoms. The van der Waals surface area contributed by atoms with E-state index in [1.165, 1.54) is 11.1 Å². The first-order chi connectivity index (χ1) is 14.6. The maximum Gasteiger partial charge on any atom is 0.253 e. The number of hydrogen-bond acceptors (Lipinski definition) is 3. The second-order valence-electron chi connectivity index (χ2n) is 8.21. The van der Waals surface area contributed by atoms with Crippen molar-refractivity contribution < 1.29 is 4.79 Å². The smallest absolute Gasteiger partial charge is 0.253 e. The third-order valence-corrected chi connectivity index (χ3v) is 5.81. The van der Waals surface area contributed by atoms with Crippen LogP contribution < -0.4 is 5.32 Å². The fraction of sp³-hybridized carbons (Fsp3) is 0.308. The number of nitrogens with zero attached hydrogens (tertiary/aromatic N) is 2. The number of aryl methyl sites for hydroxylation is 2. The number of piperidine rings is 1. The predicted molar refractivity (Wildman–Crippen MR) is 121 cm³/mol. The first kappa shape index (κ1) is 20.3. The van der Waals surface area contributed by atoms with Crippen LogP contribution in [0.3, 0.4) is 0 Å². The number of benzene rings is 2. The van der Waals surface area contributed by atoms with Crippen molar-refractivity contribution in [3.63, 3.8) is 0 Å². The standard InChI is InChI=1S/C26H29N3O/c1-19-7-6-8-21(17-19)18-29-15-13-23(14-16-29)28-26(30)24-11-12-25(27-20(24)2)22-9-4-3-5-10-22/h3-12,17,23H,13-16,18H2,1-2H3,(H,28,30). The summed E-state index contributed by atoms with van der Waals surface area (Å²) in [5.41, 5.74) is 6.06. The number of amides is 1. The molecule has 1 fully saturated rings. The van der Waals surface area contributed by atoms with Gasteiger partial charge >= 0.3 is 0 Å². The van der Waals surface area contributed by atoms with Crippen molar-refractivity contribution in [2.45, 2.75) is 39.3 Å². The Morgan fingerprint density at radius 1 is 1.00 bits per heavy atom. The van der Waals surface area contributed by atoms with E-state index in [1.54, 1.807) is 0 Å². The number of pyridine rings is 1. The van der Waals surface area contributed by atoms with Gasteiger partial charge in [-0.1, -0.05) is 60.2 Å². The summed E-state index contributed by atoms with van der Waals surface area (Å²) in [7, 11) is 0. The SMILES string of the molecule is Cc1cccc(CN2CCC(NC(=O)c3ccc(-c4ccccc4)nc3C)CC2)c1. The van der Waals surface area contributed by atoms with Gasteiger partial charge in [-0.25, -0.2) is 0 Å². The third-order valence-electron chi connectivity index (χ3n) is 5.81. The molecule has 1 aromatic heterocycles. The van der Waals surface area contributed by atoms with Gasteiger partial charge in [0, 0.05) is 31.2 Å². The van der Waals surface area contributed by atoms with E-state index in [9.17, 15) is 4.79 Å². The largest absolute Gasteiger partial charge is 0.349 e.